The molecule has 13 heteroatoms. The minimum atomic E-state index is -4.06. The molecule has 0 fully saturated rings. The van der Waals surface area contributed by atoms with Crippen molar-refractivity contribution in [1.29, 1.82) is 0 Å². The van der Waals surface area contributed by atoms with E-state index in [4.69, 9.17) is 9.47 Å². The molecule has 0 unspecified atom stereocenters. The maximum Gasteiger partial charge on any atom is 0.243 e. The van der Waals surface area contributed by atoms with E-state index in [1.165, 1.54) is 25.2 Å². The number of hydrogen-bond donors (Lipinski definition) is 2. The molecule has 0 saturated heterocycles. The molecular formula is C19H18F3N3O6S. The number of hydrogen-bond acceptors (Lipinski definition) is 6. The third-order valence-electron chi connectivity index (χ3n) is 4.34. The van der Waals surface area contributed by atoms with E-state index in [-0.39, 0.29) is 17.3 Å². The number of carbonyl (C=O) groups excluding carboxylic acids is 2. The van der Waals surface area contributed by atoms with E-state index >= 15 is 0 Å². The number of anilines is 1. The fraction of sp³-hybridized carbons (Fsp3) is 0.263. The Morgan fingerprint density at radius 1 is 1.00 bits per heavy atom. The van der Waals surface area contributed by atoms with Crippen molar-refractivity contribution in [3.8, 4) is 11.5 Å². The van der Waals surface area contributed by atoms with Gasteiger partial charge in [0.05, 0.1) is 23.7 Å². The van der Waals surface area contributed by atoms with Crippen LogP contribution in [-0.2, 0) is 19.6 Å². The van der Waals surface area contributed by atoms with E-state index in [0.29, 0.717) is 18.4 Å². The van der Waals surface area contributed by atoms with Gasteiger partial charge in [-0.1, -0.05) is 0 Å². The summed E-state index contributed by atoms with van der Waals surface area (Å²) < 4.78 is 76.5. The molecule has 1 aliphatic heterocycles. The lowest BCUT2D eigenvalue weighted by Crippen LogP contribution is -2.41. The summed E-state index contributed by atoms with van der Waals surface area (Å²) in [7, 11) is -2.89. The molecule has 1 heterocycles. The van der Waals surface area contributed by atoms with Gasteiger partial charge in [-0.25, -0.2) is 21.6 Å². The molecule has 2 N–H and O–H groups in total. The molecule has 0 radical (unpaired) electrons. The van der Waals surface area contributed by atoms with E-state index in [0.717, 1.165) is 10.4 Å². The standard InChI is InChI=1S/C19H18F3N3O6S/c1-25(32(28,29)11-2-5-14-15(8-11)31-7-6-30-14)10-17(27)23-9-16(26)24-13-4-3-12(20)18(21)19(13)22/h2-5,8H,6-7,9-10H2,1H3,(H,23,27)(H,24,26). The number of nitrogens with zero attached hydrogens (tertiary/aromatic N) is 1. The van der Waals surface area contributed by atoms with Crippen LogP contribution in [0.5, 0.6) is 11.5 Å². The van der Waals surface area contributed by atoms with Crippen LogP contribution in [0.3, 0.4) is 0 Å². The lowest BCUT2D eigenvalue weighted by atomic mass is 10.2. The minimum absolute atomic E-state index is 0.122. The van der Waals surface area contributed by atoms with Gasteiger partial charge < -0.3 is 20.1 Å². The third-order valence-corrected chi connectivity index (χ3v) is 6.14. The molecule has 0 aliphatic carbocycles. The van der Waals surface area contributed by atoms with Crippen molar-refractivity contribution in [1.82, 2.24) is 9.62 Å². The molecule has 172 valence electrons. The zero-order chi connectivity index (χ0) is 23.5. The summed E-state index contributed by atoms with van der Waals surface area (Å²) >= 11 is 0. The number of benzene rings is 2. The molecule has 0 bridgehead atoms. The SMILES string of the molecule is CN(CC(=O)NCC(=O)Nc1ccc(F)c(F)c1F)S(=O)(=O)c1ccc2c(c1)OCCO2. The van der Waals surface area contributed by atoms with E-state index in [2.05, 4.69) is 5.32 Å². The van der Waals surface area contributed by atoms with Gasteiger partial charge in [-0.15, -0.1) is 0 Å². The number of nitrogens with one attached hydrogen (secondary N) is 2. The first-order valence-corrected chi connectivity index (χ1v) is 10.6. The Kier molecular flexibility index (Phi) is 6.89. The van der Waals surface area contributed by atoms with Gasteiger partial charge in [-0.3, -0.25) is 9.59 Å². The highest BCUT2D eigenvalue weighted by atomic mass is 32.2. The molecule has 3 rings (SSSR count). The second-order valence-electron chi connectivity index (χ2n) is 6.61. The molecular weight excluding hydrogens is 455 g/mol. The lowest BCUT2D eigenvalue weighted by Gasteiger charge is -2.21. The van der Waals surface area contributed by atoms with E-state index in [1.807, 2.05) is 5.32 Å². The van der Waals surface area contributed by atoms with Crippen molar-refractivity contribution < 1.29 is 40.7 Å². The molecule has 32 heavy (non-hydrogen) atoms. The third kappa shape index (κ3) is 5.11. The molecule has 0 atom stereocenters. The number of halogens is 3. The average molecular weight is 473 g/mol. The highest BCUT2D eigenvalue weighted by Crippen LogP contribution is 2.32. The van der Waals surface area contributed by atoms with Crippen molar-refractivity contribution in [3.05, 3.63) is 47.8 Å². The summed E-state index contributed by atoms with van der Waals surface area (Å²) in [6, 6.07) is 5.48. The average Bonchev–Trinajstić information content (AvgIpc) is 2.77. The number of sulfonamides is 1. The van der Waals surface area contributed by atoms with Gasteiger partial charge in [-0.05, 0) is 24.3 Å². The van der Waals surface area contributed by atoms with Crippen molar-refractivity contribution in [2.75, 3.05) is 38.7 Å². The van der Waals surface area contributed by atoms with Gasteiger partial charge in [0, 0.05) is 13.1 Å². The normalized spacial score (nSPS) is 13.0. The van der Waals surface area contributed by atoms with Gasteiger partial charge in [0.25, 0.3) is 0 Å². The van der Waals surface area contributed by atoms with E-state index in [9.17, 15) is 31.2 Å². The Bertz CT molecular complexity index is 1160. The molecule has 2 amide bonds. The quantitative estimate of drug-likeness (QED) is 0.586. The van der Waals surface area contributed by atoms with Crippen LogP contribution in [0.1, 0.15) is 0 Å². The predicted octanol–water partition coefficient (Wildman–Crippen LogP) is 1.25. The molecule has 0 saturated carbocycles. The number of carbonyl (C=O) groups is 2. The van der Waals surface area contributed by atoms with E-state index in [1.54, 1.807) is 0 Å². The molecule has 9 nitrogen and oxygen atoms in total. The molecule has 0 spiro atoms. The lowest BCUT2D eigenvalue weighted by molar-refractivity contribution is -0.124. The van der Waals surface area contributed by atoms with Crippen molar-refractivity contribution >= 4 is 27.5 Å². The van der Waals surface area contributed by atoms with Crippen molar-refractivity contribution in [2.45, 2.75) is 4.90 Å². The Hall–Kier alpha value is -3.32. The molecule has 0 aromatic heterocycles. The van der Waals surface area contributed by atoms with Crippen LogP contribution in [0.4, 0.5) is 18.9 Å². The van der Waals surface area contributed by atoms with Gasteiger partial charge in [0.15, 0.2) is 29.0 Å². The number of amides is 2. The number of likely N-dealkylation sites (N-methyl/N-ethyl adjacent to an activating group) is 1. The summed E-state index contributed by atoms with van der Waals surface area (Å²) in [5.74, 6) is -5.85. The summed E-state index contributed by atoms with van der Waals surface area (Å²) in [4.78, 5) is 23.8. The van der Waals surface area contributed by atoms with Crippen LogP contribution in [0, 0.1) is 17.5 Å². The van der Waals surface area contributed by atoms with Crippen LogP contribution in [0.15, 0.2) is 35.2 Å². The molecule has 2 aromatic carbocycles. The predicted molar refractivity (Wildman–Crippen MR) is 105 cm³/mol. The zero-order valence-electron chi connectivity index (χ0n) is 16.7. The fourth-order valence-corrected chi connectivity index (χ4v) is 3.85. The maximum atomic E-state index is 13.6. The Morgan fingerprint density at radius 2 is 1.69 bits per heavy atom. The van der Waals surface area contributed by atoms with Crippen molar-refractivity contribution in [2.24, 2.45) is 0 Å². The molecule has 1 aliphatic rings. The Balaban J connectivity index is 1.56. The number of rotatable bonds is 7. The van der Waals surface area contributed by atoms with Gasteiger partial charge in [-0.2, -0.15) is 4.31 Å². The Morgan fingerprint density at radius 3 is 2.41 bits per heavy atom. The van der Waals surface area contributed by atoms with E-state index < -0.39 is 58.1 Å². The Labute approximate surface area is 181 Å². The van der Waals surface area contributed by atoms with Gasteiger partial charge in [0.1, 0.15) is 13.2 Å². The first kappa shape index (κ1) is 23.3. The first-order valence-electron chi connectivity index (χ1n) is 9.15. The summed E-state index contributed by atoms with van der Waals surface area (Å²) in [5.41, 5.74) is -0.610. The first-order chi connectivity index (χ1) is 15.1. The number of ether oxygens (including phenoxy) is 2. The van der Waals surface area contributed by atoms with Crippen LogP contribution in [-0.4, -0.2) is 57.9 Å². The summed E-state index contributed by atoms with van der Waals surface area (Å²) in [6.07, 6.45) is 0. The monoisotopic (exact) mass is 473 g/mol. The fourth-order valence-electron chi connectivity index (χ4n) is 2.70. The van der Waals surface area contributed by atoms with Crippen LogP contribution >= 0.6 is 0 Å². The van der Waals surface area contributed by atoms with Gasteiger partial charge >= 0.3 is 0 Å². The second kappa shape index (κ2) is 9.44. The topological polar surface area (TPSA) is 114 Å². The van der Waals surface area contributed by atoms with Crippen LogP contribution < -0.4 is 20.1 Å². The van der Waals surface area contributed by atoms with Gasteiger partial charge in [0.2, 0.25) is 21.8 Å². The number of fused-ring (bicyclic) bond motifs is 1. The molecule has 2 aromatic rings. The second-order valence-corrected chi connectivity index (χ2v) is 8.66. The largest absolute Gasteiger partial charge is 0.486 e. The van der Waals surface area contributed by atoms with Crippen molar-refractivity contribution in [3.63, 3.8) is 0 Å². The summed E-state index contributed by atoms with van der Waals surface area (Å²) in [5, 5.41) is 4.14. The highest BCUT2D eigenvalue weighted by molar-refractivity contribution is 7.89. The highest BCUT2D eigenvalue weighted by Gasteiger charge is 2.25. The van der Waals surface area contributed by atoms with Crippen LogP contribution in [0.25, 0.3) is 0 Å². The smallest absolute Gasteiger partial charge is 0.243 e. The summed E-state index contributed by atoms with van der Waals surface area (Å²) in [6.45, 7) is -0.667. The minimum Gasteiger partial charge on any atom is -0.486 e. The zero-order valence-corrected chi connectivity index (χ0v) is 17.5. The van der Waals surface area contributed by atoms with Crippen LogP contribution in [0.2, 0.25) is 0 Å². The maximum absolute atomic E-state index is 13.6.